The number of amides is 3. The average molecular weight is 494 g/mol. The molecule has 0 saturated carbocycles. The number of nitrogens with two attached hydrogens (primary N) is 1. The molecule has 190 valence electrons. The Morgan fingerprint density at radius 3 is 2.50 bits per heavy atom. The maximum absolute atomic E-state index is 13.3. The lowest BCUT2D eigenvalue weighted by Gasteiger charge is -2.34. The number of hydrogen-bond acceptors (Lipinski definition) is 6. The van der Waals surface area contributed by atoms with Gasteiger partial charge in [0.25, 0.3) is 0 Å². The monoisotopic (exact) mass is 493 g/mol. The molecule has 4 rings (SSSR count). The summed E-state index contributed by atoms with van der Waals surface area (Å²) in [5, 5.41) is 6.90. The Balaban J connectivity index is 1.38. The number of urea groups is 1. The van der Waals surface area contributed by atoms with Gasteiger partial charge in [-0.05, 0) is 35.7 Å². The number of nitrogens with one attached hydrogen (secondary N) is 2. The molecule has 1 aromatic heterocycles. The number of hydrogen-bond donors (Lipinski definition) is 3. The Labute approximate surface area is 209 Å². The van der Waals surface area contributed by atoms with Gasteiger partial charge in [-0.25, -0.2) is 19.2 Å². The van der Waals surface area contributed by atoms with E-state index in [2.05, 4.69) is 15.5 Å². The first kappa shape index (κ1) is 25.3. The van der Waals surface area contributed by atoms with E-state index in [0.717, 1.165) is 16.5 Å². The second-order valence-electron chi connectivity index (χ2n) is 9.33. The molecule has 9 nitrogen and oxygen atoms in total. The number of halogens is 1. The second-order valence-corrected chi connectivity index (χ2v) is 9.33. The van der Waals surface area contributed by atoms with Gasteiger partial charge in [-0.15, -0.1) is 0 Å². The minimum Gasteiger partial charge on any atom is -0.368 e. The van der Waals surface area contributed by atoms with E-state index in [4.69, 9.17) is 15.7 Å². The highest BCUT2D eigenvalue weighted by atomic mass is 19.1. The Morgan fingerprint density at radius 2 is 1.81 bits per heavy atom. The van der Waals surface area contributed by atoms with Crippen molar-refractivity contribution in [3.63, 3.8) is 0 Å². The second kappa shape index (κ2) is 11.3. The molecule has 1 aliphatic rings. The molecule has 4 N–H and O–H groups in total. The van der Waals surface area contributed by atoms with E-state index in [-0.39, 0.29) is 24.3 Å². The fourth-order valence-electron chi connectivity index (χ4n) is 4.26. The maximum atomic E-state index is 13.3. The number of benzene rings is 2. The van der Waals surface area contributed by atoms with Crippen LogP contribution in [0.15, 0.2) is 48.5 Å². The van der Waals surface area contributed by atoms with E-state index in [1.165, 1.54) is 12.1 Å². The van der Waals surface area contributed by atoms with E-state index in [9.17, 15) is 14.0 Å². The van der Waals surface area contributed by atoms with E-state index in [1.807, 2.05) is 38.1 Å². The van der Waals surface area contributed by atoms with Crippen LogP contribution < -0.4 is 16.4 Å². The number of fused-ring (bicyclic) bond motifs is 1. The van der Waals surface area contributed by atoms with Crippen LogP contribution >= 0.6 is 0 Å². The number of nitrogens with zero attached hydrogens (tertiary/aromatic N) is 4. The SMILES string of the molecule is CC(C)[C@H](Nc1nc(CN2CCN(C(=O)NCc3cccc(F)c3)CC2)nc2ccccc12)C(N)=O. The van der Waals surface area contributed by atoms with Crippen LogP contribution in [0.3, 0.4) is 0 Å². The van der Waals surface area contributed by atoms with Crippen molar-refractivity contribution in [1.82, 2.24) is 25.1 Å². The summed E-state index contributed by atoms with van der Waals surface area (Å²) in [6, 6.07) is 13.1. The van der Waals surface area contributed by atoms with Crippen molar-refractivity contribution in [1.29, 1.82) is 0 Å². The molecule has 3 amide bonds. The average Bonchev–Trinajstić information content (AvgIpc) is 2.86. The first-order valence-corrected chi connectivity index (χ1v) is 12.1. The third kappa shape index (κ3) is 6.25. The summed E-state index contributed by atoms with van der Waals surface area (Å²) in [4.78, 5) is 37.9. The van der Waals surface area contributed by atoms with Gasteiger partial charge >= 0.3 is 6.03 Å². The van der Waals surface area contributed by atoms with Crippen LogP contribution in [0.2, 0.25) is 0 Å². The van der Waals surface area contributed by atoms with Crippen LogP contribution in [0.25, 0.3) is 10.9 Å². The van der Waals surface area contributed by atoms with Gasteiger partial charge in [0.05, 0.1) is 12.1 Å². The van der Waals surface area contributed by atoms with E-state index < -0.39 is 11.9 Å². The quantitative estimate of drug-likeness (QED) is 0.444. The number of aromatic nitrogens is 2. The number of para-hydroxylation sites is 1. The summed E-state index contributed by atoms with van der Waals surface area (Å²) in [6.45, 7) is 7.11. The first-order valence-electron chi connectivity index (χ1n) is 12.1. The summed E-state index contributed by atoms with van der Waals surface area (Å²) >= 11 is 0. The van der Waals surface area contributed by atoms with Crippen molar-refractivity contribution in [3.8, 4) is 0 Å². The van der Waals surface area contributed by atoms with Gasteiger partial charge in [-0.1, -0.05) is 38.1 Å². The van der Waals surface area contributed by atoms with Crippen molar-refractivity contribution in [2.24, 2.45) is 11.7 Å². The summed E-state index contributed by atoms with van der Waals surface area (Å²) in [6.07, 6.45) is 0. The molecule has 0 spiro atoms. The molecular formula is C26H32FN7O2. The standard InChI is InChI=1S/C26H32FN7O2/c1-17(2)23(24(28)35)32-25-20-8-3-4-9-21(20)30-22(31-25)16-33-10-12-34(13-11-33)26(36)29-15-18-6-5-7-19(27)14-18/h3-9,14,17,23H,10-13,15-16H2,1-2H3,(H2,28,35)(H,29,36)(H,30,31,32)/t23-/m0/s1. The van der Waals surface area contributed by atoms with Crippen molar-refractivity contribution >= 4 is 28.7 Å². The van der Waals surface area contributed by atoms with Crippen molar-refractivity contribution in [3.05, 3.63) is 65.7 Å². The van der Waals surface area contributed by atoms with Crippen LogP contribution in [-0.4, -0.2) is 63.9 Å². The molecule has 3 aromatic rings. The normalized spacial score (nSPS) is 15.2. The maximum Gasteiger partial charge on any atom is 0.317 e. The van der Waals surface area contributed by atoms with Crippen LogP contribution in [0.4, 0.5) is 15.0 Å². The van der Waals surface area contributed by atoms with Gasteiger partial charge in [-0.2, -0.15) is 0 Å². The Hall–Kier alpha value is -3.79. The molecule has 2 aromatic carbocycles. The number of piperazine rings is 1. The fraction of sp³-hybridized carbons (Fsp3) is 0.385. The number of primary amides is 1. The molecule has 0 aliphatic carbocycles. The van der Waals surface area contributed by atoms with Gasteiger partial charge in [0.2, 0.25) is 5.91 Å². The highest BCUT2D eigenvalue weighted by Gasteiger charge is 2.24. The zero-order valence-electron chi connectivity index (χ0n) is 20.6. The van der Waals surface area contributed by atoms with Crippen molar-refractivity contribution in [2.45, 2.75) is 33.0 Å². The number of carbonyl (C=O) groups excluding carboxylic acids is 2. The highest BCUT2D eigenvalue weighted by molar-refractivity contribution is 5.92. The first-order chi connectivity index (χ1) is 17.3. The predicted molar refractivity (Wildman–Crippen MR) is 136 cm³/mol. The lowest BCUT2D eigenvalue weighted by atomic mass is 10.0. The molecule has 2 heterocycles. The zero-order chi connectivity index (χ0) is 25.7. The molecular weight excluding hydrogens is 461 g/mol. The van der Waals surface area contributed by atoms with Gasteiger partial charge in [0, 0.05) is 38.1 Å². The predicted octanol–water partition coefficient (Wildman–Crippen LogP) is 2.72. The molecule has 0 unspecified atom stereocenters. The van der Waals surface area contributed by atoms with Crippen molar-refractivity contribution < 1.29 is 14.0 Å². The third-order valence-electron chi connectivity index (χ3n) is 6.27. The zero-order valence-corrected chi connectivity index (χ0v) is 20.6. The highest BCUT2D eigenvalue weighted by Crippen LogP contribution is 2.23. The molecule has 10 heteroatoms. The summed E-state index contributed by atoms with van der Waals surface area (Å²) in [7, 11) is 0. The molecule has 0 radical (unpaired) electrons. The lowest BCUT2D eigenvalue weighted by Crippen LogP contribution is -2.51. The smallest absolute Gasteiger partial charge is 0.317 e. The topological polar surface area (TPSA) is 116 Å². The van der Waals surface area contributed by atoms with Crippen molar-refractivity contribution in [2.75, 3.05) is 31.5 Å². The Bertz CT molecular complexity index is 1230. The van der Waals surface area contributed by atoms with Crippen LogP contribution in [0.1, 0.15) is 25.2 Å². The van der Waals surface area contributed by atoms with Gasteiger partial charge in [-0.3, -0.25) is 9.69 Å². The van der Waals surface area contributed by atoms with E-state index in [0.29, 0.717) is 44.4 Å². The number of carbonyl (C=O) groups is 2. The largest absolute Gasteiger partial charge is 0.368 e. The lowest BCUT2D eigenvalue weighted by molar-refractivity contribution is -0.119. The Kier molecular flexibility index (Phi) is 7.94. The Morgan fingerprint density at radius 1 is 1.06 bits per heavy atom. The van der Waals surface area contributed by atoms with Gasteiger partial charge in [0.15, 0.2) is 0 Å². The molecule has 36 heavy (non-hydrogen) atoms. The molecule has 1 aliphatic heterocycles. The van der Waals surface area contributed by atoms with Gasteiger partial charge in [0.1, 0.15) is 23.5 Å². The third-order valence-corrected chi connectivity index (χ3v) is 6.27. The van der Waals surface area contributed by atoms with Crippen LogP contribution in [-0.2, 0) is 17.9 Å². The summed E-state index contributed by atoms with van der Waals surface area (Å²) in [5.41, 5.74) is 7.11. The summed E-state index contributed by atoms with van der Waals surface area (Å²) in [5.74, 6) is 0.468. The number of anilines is 1. The molecule has 1 saturated heterocycles. The van der Waals surface area contributed by atoms with Crippen LogP contribution in [0, 0.1) is 11.7 Å². The van der Waals surface area contributed by atoms with E-state index in [1.54, 1.807) is 17.0 Å². The fourth-order valence-corrected chi connectivity index (χ4v) is 4.26. The minimum atomic E-state index is -0.550. The van der Waals surface area contributed by atoms with Gasteiger partial charge < -0.3 is 21.3 Å². The van der Waals surface area contributed by atoms with E-state index >= 15 is 0 Å². The summed E-state index contributed by atoms with van der Waals surface area (Å²) < 4.78 is 13.3. The molecule has 0 bridgehead atoms. The van der Waals surface area contributed by atoms with Crippen LogP contribution in [0.5, 0.6) is 0 Å². The molecule has 1 fully saturated rings. The minimum absolute atomic E-state index is 0.000171. The molecule has 1 atom stereocenters. The number of rotatable bonds is 8.